The van der Waals surface area contributed by atoms with Crippen LogP contribution in [0.4, 0.5) is 0 Å². The number of benzene rings is 1. The molecule has 1 saturated heterocycles. The zero-order valence-electron chi connectivity index (χ0n) is 11.6. The number of carbonyl (C=O) groups is 1. The van der Waals surface area contributed by atoms with E-state index >= 15 is 0 Å². The van der Waals surface area contributed by atoms with E-state index in [2.05, 4.69) is 46.7 Å². The summed E-state index contributed by atoms with van der Waals surface area (Å²) in [5.74, 6) is 0.112. The average Bonchev–Trinajstić information content (AvgIpc) is 2.47. The van der Waals surface area contributed by atoms with Gasteiger partial charge in [0.05, 0.1) is 6.54 Å². The Bertz CT molecular complexity index is 396. The second-order valence-corrected chi connectivity index (χ2v) is 4.97. The summed E-state index contributed by atoms with van der Waals surface area (Å²) in [6.45, 7) is 7.14. The van der Waals surface area contributed by atoms with Gasteiger partial charge in [0.25, 0.3) is 0 Å². The van der Waals surface area contributed by atoms with Gasteiger partial charge >= 0.3 is 0 Å². The molecule has 1 aromatic carbocycles. The lowest BCUT2D eigenvalue weighted by Gasteiger charge is -2.26. The molecule has 0 aliphatic carbocycles. The molecule has 19 heavy (non-hydrogen) atoms. The van der Waals surface area contributed by atoms with Crippen LogP contribution < -0.4 is 10.6 Å². The van der Waals surface area contributed by atoms with Crippen LogP contribution in [-0.2, 0) is 17.8 Å². The van der Waals surface area contributed by atoms with E-state index in [1.165, 1.54) is 5.56 Å². The largest absolute Gasteiger partial charge is 0.351 e. The summed E-state index contributed by atoms with van der Waals surface area (Å²) >= 11 is 0. The summed E-state index contributed by atoms with van der Waals surface area (Å²) in [5, 5.41) is 6.27. The Balaban J connectivity index is 1.72. The molecule has 104 valence electrons. The molecule has 0 unspecified atom stereocenters. The maximum atomic E-state index is 11.8. The molecular weight excluding hydrogens is 238 g/mol. The molecule has 0 atom stereocenters. The SMILES string of the molecule is CCc1ccc(CNC(=O)CN2CCNCC2)cc1. The number of piperazine rings is 1. The summed E-state index contributed by atoms with van der Waals surface area (Å²) in [6, 6.07) is 8.42. The van der Waals surface area contributed by atoms with Gasteiger partial charge in [-0.3, -0.25) is 9.69 Å². The second kappa shape index (κ2) is 7.26. The van der Waals surface area contributed by atoms with Crippen molar-refractivity contribution in [1.82, 2.24) is 15.5 Å². The minimum atomic E-state index is 0.112. The Kier molecular flexibility index (Phi) is 5.36. The molecule has 2 N–H and O–H groups in total. The third kappa shape index (κ3) is 4.65. The number of aryl methyl sites for hydroxylation is 1. The van der Waals surface area contributed by atoms with E-state index in [0.717, 1.165) is 38.2 Å². The van der Waals surface area contributed by atoms with Crippen molar-refractivity contribution >= 4 is 5.91 Å². The number of rotatable bonds is 5. The van der Waals surface area contributed by atoms with Gasteiger partial charge < -0.3 is 10.6 Å². The Morgan fingerprint density at radius 1 is 1.21 bits per heavy atom. The monoisotopic (exact) mass is 261 g/mol. The summed E-state index contributed by atoms with van der Waals surface area (Å²) in [6.07, 6.45) is 1.05. The molecule has 2 rings (SSSR count). The molecule has 0 radical (unpaired) electrons. The maximum Gasteiger partial charge on any atom is 0.234 e. The highest BCUT2D eigenvalue weighted by molar-refractivity contribution is 5.78. The molecule has 0 bridgehead atoms. The predicted octanol–water partition coefficient (Wildman–Crippen LogP) is 0.770. The highest BCUT2D eigenvalue weighted by atomic mass is 16.2. The fraction of sp³-hybridized carbons (Fsp3) is 0.533. The second-order valence-electron chi connectivity index (χ2n) is 4.97. The van der Waals surface area contributed by atoms with E-state index in [4.69, 9.17) is 0 Å². The van der Waals surface area contributed by atoms with Crippen molar-refractivity contribution in [2.75, 3.05) is 32.7 Å². The summed E-state index contributed by atoms with van der Waals surface area (Å²) in [5.41, 5.74) is 2.49. The first kappa shape index (κ1) is 14.0. The van der Waals surface area contributed by atoms with Crippen LogP contribution in [0.5, 0.6) is 0 Å². The molecule has 4 nitrogen and oxygen atoms in total. The van der Waals surface area contributed by atoms with Gasteiger partial charge in [0.2, 0.25) is 5.91 Å². The Labute approximate surface area is 115 Å². The molecule has 1 aromatic rings. The maximum absolute atomic E-state index is 11.8. The number of carbonyl (C=O) groups excluding carboxylic acids is 1. The highest BCUT2D eigenvalue weighted by Crippen LogP contribution is 2.04. The number of nitrogens with zero attached hydrogens (tertiary/aromatic N) is 1. The average molecular weight is 261 g/mol. The van der Waals surface area contributed by atoms with Gasteiger partial charge in [0.15, 0.2) is 0 Å². The van der Waals surface area contributed by atoms with Gasteiger partial charge in [0, 0.05) is 32.7 Å². The van der Waals surface area contributed by atoms with Crippen molar-refractivity contribution in [3.63, 3.8) is 0 Å². The molecule has 1 aliphatic heterocycles. The Morgan fingerprint density at radius 2 is 1.84 bits per heavy atom. The molecular formula is C15H23N3O. The van der Waals surface area contributed by atoms with Crippen LogP contribution in [0.3, 0.4) is 0 Å². The third-order valence-electron chi connectivity index (χ3n) is 3.50. The normalized spacial score (nSPS) is 16.3. The first-order valence-corrected chi connectivity index (χ1v) is 7.05. The highest BCUT2D eigenvalue weighted by Gasteiger charge is 2.12. The van der Waals surface area contributed by atoms with E-state index in [1.54, 1.807) is 0 Å². The Hall–Kier alpha value is -1.39. The standard InChI is InChI=1S/C15H23N3O/c1-2-13-3-5-14(6-4-13)11-17-15(19)12-18-9-7-16-8-10-18/h3-6,16H,2,7-12H2,1H3,(H,17,19). The quantitative estimate of drug-likeness (QED) is 0.823. The molecule has 4 heteroatoms. The molecule has 1 heterocycles. The summed E-state index contributed by atoms with van der Waals surface area (Å²) in [7, 11) is 0. The molecule has 1 fully saturated rings. The van der Waals surface area contributed by atoms with Gasteiger partial charge in [-0.1, -0.05) is 31.2 Å². The lowest BCUT2D eigenvalue weighted by atomic mass is 10.1. The van der Waals surface area contributed by atoms with Crippen molar-refractivity contribution in [3.8, 4) is 0 Å². The van der Waals surface area contributed by atoms with Crippen LogP contribution in [0.15, 0.2) is 24.3 Å². The van der Waals surface area contributed by atoms with Gasteiger partial charge in [-0.05, 0) is 17.5 Å². The van der Waals surface area contributed by atoms with Gasteiger partial charge in [-0.2, -0.15) is 0 Å². The van der Waals surface area contributed by atoms with Crippen molar-refractivity contribution in [2.24, 2.45) is 0 Å². The summed E-state index contributed by atoms with van der Waals surface area (Å²) in [4.78, 5) is 14.0. The van der Waals surface area contributed by atoms with Crippen molar-refractivity contribution < 1.29 is 4.79 Å². The number of nitrogens with one attached hydrogen (secondary N) is 2. The topological polar surface area (TPSA) is 44.4 Å². The van der Waals surface area contributed by atoms with Crippen molar-refractivity contribution in [2.45, 2.75) is 19.9 Å². The molecule has 1 aliphatic rings. The lowest BCUT2D eigenvalue weighted by Crippen LogP contribution is -2.47. The number of hydrogen-bond acceptors (Lipinski definition) is 3. The lowest BCUT2D eigenvalue weighted by molar-refractivity contribution is -0.122. The molecule has 1 amide bonds. The van der Waals surface area contributed by atoms with E-state index in [-0.39, 0.29) is 5.91 Å². The predicted molar refractivity (Wildman–Crippen MR) is 77.0 cm³/mol. The van der Waals surface area contributed by atoms with E-state index in [0.29, 0.717) is 13.1 Å². The first-order valence-electron chi connectivity index (χ1n) is 7.05. The van der Waals surface area contributed by atoms with E-state index < -0.39 is 0 Å². The third-order valence-corrected chi connectivity index (χ3v) is 3.50. The van der Waals surface area contributed by atoms with Crippen LogP contribution >= 0.6 is 0 Å². The minimum absolute atomic E-state index is 0.112. The van der Waals surface area contributed by atoms with E-state index in [1.807, 2.05) is 0 Å². The fourth-order valence-corrected chi connectivity index (χ4v) is 2.22. The van der Waals surface area contributed by atoms with Crippen molar-refractivity contribution in [3.05, 3.63) is 35.4 Å². The fourth-order valence-electron chi connectivity index (χ4n) is 2.22. The first-order chi connectivity index (χ1) is 9.28. The van der Waals surface area contributed by atoms with Crippen LogP contribution in [-0.4, -0.2) is 43.5 Å². The number of amides is 1. The number of hydrogen-bond donors (Lipinski definition) is 2. The van der Waals surface area contributed by atoms with Gasteiger partial charge in [0.1, 0.15) is 0 Å². The molecule has 0 aromatic heterocycles. The smallest absolute Gasteiger partial charge is 0.234 e. The van der Waals surface area contributed by atoms with Crippen molar-refractivity contribution in [1.29, 1.82) is 0 Å². The van der Waals surface area contributed by atoms with Crippen LogP contribution in [0.1, 0.15) is 18.1 Å². The molecule has 0 spiro atoms. The van der Waals surface area contributed by atoms with Crippen LogP contribution in [0, 0.1) is 0 Å². The zero-order chi connectivity index (χ0) is 13.5. The zero-order valence-corrected chi connectivity index (χ0v) is 11.6. The van der Waals surface area contributed by atoms with E-state index in [9.17, 15) is 4.79 Å². The molecule has 0 saturated carbocycles. The summed E-state index contributed by atoms with van der Waals surface area (Å²) < 4.78 is 0. The van der Waals surface area contributed by atoms with Gasteiger partial charge in [-0.15, -0.1) is 0 Å². The Morgan fingerprint density at radius 3 is 2.47 bits per heavy atom. The van der Waals surface area contributed by atoms with Crippen LogP contribution in [0.2, 0.25) is 0 Å². The van der Waals surface area contributed by atoms with Gasteiger partial charge in [-0.25, -0.2) is 0 Å². The van der Waals surface area contributed by atoms with Crippen LogP contribution in [0.25, 0.3) is 0 Å². The minimum Gasteiger partial charge on any atom is -0.351 e.